The molecule has 0 spiro atoms. The molecule has 0 aromatic heterocycles. The second-order valence-electron chi connectivity index (χ2n) is 6.15. The Hall–Kier alpha value is -2.06. The minimum absolute atomic E-state index is 0.166. The van der Waals surface area contributed by atoms with E-state index in [4.69, 9.17) is 4.74 Å². The first-order valence-corrected chi connectivity index (χ1v) is 8.83. The number of carboxylic acids is 1. The summed E-state index contributed by atoms with van der Waals surface area (Å²) in [7, 11) is 0. The molecule has 3 unspecified atom stereocenters. The number of ether oxygens (including phenoxy) is 1. The van der Waals surface area contributed by atoms with Gasteiger partial charge in [0.25, 0.3) is 5.91 Å². The zero-order chi connectivity index (χ0) is 18.6. The van der Waals surface area contributed by atoms with Crippen LogP contribution in [0.5, 0.6) is 0 Å². The van der Waals surface area contributed by atoms with E-state index >= 15 is 0 Å². The summed E-state index contributed by atoms with van der Waals surface area (Å²) >= 11 is 1.30. The summed E-state index contributed by atoms with van der Waals surface area (Å²) in [5, 5.41) is 14.4. The maximum atomic E-state index is 12.4. The summed E-state index contributed by atoms with van der Waals surface area (Å²) in [5.41, 5.74) is 0.411. The number of amides is 1. The first kappa shape index (κ1) is 19.3. The van der Waals surface area contributed by atoms with Gasteiger partial charge in [0.05, 0.1) is 12.0 Å². The van der Waals surface area contributed by atoms with E-state index in [1.165, 1.54) is 11.8 Å². The van der Waals surface area contributed by atoms with Gasteiger partial charge in [-0.3, -0.25) is 14.9 Å². The molecule has 7 nitrogen and oxygen atoms in total. The maximum absolute atomic E-state index is 12.4. The van der Waals surface area contributed by atoms with Crippen LogP contribution in [0, 0.1) is 0 Å². The first-order chi connectivity index (χ1) is 11.8. The number of carboxylic acid groups (broad SMARTS) is 1. The normalized spacial score (nSPS) is 22.8. The molecule has 0 bridgehead atoms. The van der Waals surface area contributed by atoms with Crippen LogP contribution in [0.15, 0.2) is 30.3 Å². The molecule has 136 valence electrons. The summed E-state index contributed by atoms with van der Waals surface area (Å²) < 4.78 is 4.42. The van der Waals surface area contributed by atoms with Gasteiger partial charge in [-0.1, -0.05) is 18.2 Å². The molecule has 1 heterocycles. The van der Waals surface area contributed by atoms with Crippen molar-refractivity contribution in [3.63, 3.8) is 0 Å². The Bertz CT molecular complexity index is 650. The predicted octanol–water partition coefficient (Wildman–Crippen LogP) is 1.24. The molecule has 25 heavy (non-hydrogen) atoms. The third-order valence-electron chi connectivity index (χ3n) is 3.87. The number of carbonyl (C=O) groups excluding carboxylic acids is 2. The minimum atomic E-state index is -1.00. The average Bonchev–Trinajstić information content (AvgIpc) is 2.88. The lowest BCUT2D eigenvalue weighted by atomic mass is 10.0. The molecule has 1 aromatic rings. The molecule has 3 atom stereocenters. The molecule has 0 radical (unpaired) electrons. The van der Waals surface area contributed by atoms with Gasteiger partial charge in [-0.25, -0.2) is 4.79 Å². The largest absolute Gasteiger partial charge is 0.480 e. The van der Waals surface area contributed by atoms with E-state index in [-0.39, 0.29) is 6.61 Å². The van der Waals surface area contributed by atoms with Crippen LogP contribution < -0.4 is 10.6 Å². The van der Waals surface area contributed by atoms with Crippen LogP contribution >= 0.6 is 11.8 Å². The third-order valence-corrected chi connectivity index (χ3v) is 5.38. The molecule has 1 aromatic carbocycles. The number of rotatable bonds is 6. The van der Waals surface area contributed by atoms with E-state index < -0.39 is 40.1 Å². The fraction of sp³-hybridized carbons (Fsp3) is 0.471. The quantitative estimate of drug-likeness (QED) is 0.651. The van der Waals surface area contributed by atoms with Gasteiger partial charge < -0.3 is 15.2 Å². The molecular weight excluding hydrogens is 344 g/mol. The van der Waals surface area contributed by atoms with Crippen molar-refractivity contribution < 1.29 is 24.2 Å². The van der Waals surface area contributed by atoms with Gasteiger partial charge in [-0.15, -0.1) is 11.8 Å². The fourth-order valence-electron chi connectivity index (χ4n) is 2.63. The standard InChI is InChI=1S/C17H22N2O5S/c1-4-24-16(23)11(18-13(20)10-8-6-5-7-9-10)14-19-12(15(21)22)17(2,3)25-14/h5-9,11-12,14,19H,4H2,1-3H3,(H,18,20)(H,21,22). The number of thioether (sulfide) groups is 1. The number of aliphatic carboxylic acids is 1. The Kier molecular flexibility index (Phi) is 6.07. The molecule has 1 aliphatic heterocycles. The number of carbonyl (C=O) groups is 3. The van der Waals surface area contributed by atoms with E-state index in [1.807, 2.05) is 0 Å². The lowest BCUT2D eigenvalue weighted by Crippen LogP contribution is -2.54. The average molecular weight is 366 g/mol. The van der Waals surface area contributed by atoms with E-state index in [9.17, 15) is 19.5 Å². The fourth-order valence-corrected chi connectivity index (χ4v) is 4.11. The van der Waals surface area contributed by atoms with Gasteiger partial charge in [0.1, 0.15) is 6.04 Å². The van der Waals surface area contributed by atoms with Crippen LogP contribution in [0.3, 0.4) is 0 Å². The minimum Gasteiger partial charge on any atom is -0.480 e. The number of nitrogens with one attached hydrogen (secondary N) is 2. The molecular formula is C17H22N2O5S. The second kappa shape index (κ2) is 7.88. The van der Waals surface area contributed by atoms with Crippen LogP contribution in [0.25, 0.3) is 0 Å². The predicted molar refractivity (Wildman–Crippen MR) is 94.3 cm³/mol. The molecule has 0 saturated carbocycles. The SMILES string of the molecule is CCOC(=O)C(NC(=O)c1ccccc1)C1NC(C(=O)O)C(C)(C)S1. The van der Waals surface area contributed by atoms with Crippen LogP contribution in [0.4, 0.5) is 0 Å². The van der Waals surface area contributed by atoms with Gasteiger partial charge in [0.15, 0.2) is 6.04 Å². The van der Waals surface area contributed by atoms with Crippen LogP contribution in [-0.4, -0.2) is 51.8 Å². The highest BCUT2D eigenvalue weighted by atomic mass is 32.2. The molecule has 2 rings (SSSR count). The number of hydrogen-bond acceptors (Lipinski definition) is 6. The Balaban J connectivity index is 2.21. The summed E-state index contributed by atoms with van der Waals surface area (Å²) in [6.07, 6.45) is 0. The topological polar surface area (TPSA) is 105 Å². The number of hydrogen-bond donors (Lipinski definition) is 3. The van der Waals surface area contributed by atoms with Gasteiger partial charge >= 0.3 is 11.9 Å². The summed E-state index contributed by atoms with van der Waals surface area (Å²) in [4.78, 5) is 36.2. The van der Waals surface area contributed by atoms with Crippen molar-refractivity contribution in [3.8, 4) is 0 Å². The Morgan fingerprint density at radius 1 is 1.32 bits per heavy atom. The van der Waals surface area contributed by atoms with Gasteiger partial charge in [-0.2, -0.15) is 0 Å². The van der Waals surface area contributed by atoms with E-state index in [0.29, 0.717) is 5.56 Å². The molecule has 0 aliphatic carbocycles. The van der Waals surface area contributed by atoms with Crippen LogP contribution in [0.1, 0.15) is 31.1 Å². The molecule has 1 fully saturated rings. The monoisotopic (exact) mass is 366 g/mol. The van der Waals surface area contributed by atoms with Crippen molar-refractivity contribution in [1.29, 1.82) is 0 Å². The number of esters is 1. The van der Waals surface area contributed by atoms with Crippen molar-refractivity contribution >= 4 is 29.6 Å². The molecule has 1 amide bonds. The van der Waals surface area contributed by atoms with Crippen molar-refractivity contribution in [3.05, 3.63) is 35.9 Å². The van der Waals surface area contributed by atoms with E-state index in [0.717, 1.165) is 0 Å². The van der Waals surface area contributed by atoms with E-state index in [2.05, 4.69) is 10.6 Å². The second-order valence-corrected chi connectivity index (χ2v) is 7.94. The van der Waals surface area contributed by atoms with Gasteiger partial charge in [0.2, 0.25) is 0 Å². The maximum Gasteiger partial charge on any atom is 0.331 e. The van der Waals surface area contributed by atoms with Crippen molar-refractivity contribution in [1.82, 2.24) is 10.6 Å². The summed E-state index contributed by atoms with van der Waals surface area (Å²) in [6, 6.07) is 6.66. The lowest BCUT2D eigenvalue weighted by Gasteiger charge is -2.23. The van der Waals surface area contributed by atoms with Crippen molar-refractivity contribution in [2.75, 3.05) is 6.61 Å². The van der Waals surface area contributed by atoms with E-state index in [1.54, 1.807) is 51.1 Å². The van der Waals surface area contributed by atoms with Crippen molar-refractivity contribution in [2.24, 2.45) is 0 Å². The highest BCUT2D eigenvalue weighted by Crippen LogP contribution is 2.39. The smallest absolute Gasteiger partial charge is 0.331 e. The highest BCUT2D eigenvalue weighted by Gasteiger charge is 2.49. The summed E-state index contributed by atoms with van der Waals surface area (Å²) in [6.45, 7) is 5.40. The highest BCUT2D eigenvalue weighted by molar-refractivity contribution is 8.01. The zero-order valence-electron chi connectivity index (χ0n) is 14.3. The first-order valence-electron chi connectivity index (χ1n) is 7.95. The van der Waals surface area contributed by atoms with Crippen molar-refractivity contribution in [2.45, 2.75) is 43.0 Å². The number of benzene rings is 1. The molecule has 8 heteroatoms. The van der Waals surface area contributed by atoms with Crippen LogP contribution in [0.2, 0.25) is 0 Å². The molecule has 1 saturated heterocycles. The molecule has 1 aliphatic rings. The Labute approximate surface area is 150 Å². The molecule has 3 N–H and O–H groups in total. The Morgan fingerprint density at radius 3 is 2.48 bits per heavy atom. The zero-order valence-corrected chi connectivity index (χ0v) is 15.1. The lowest BCUT2D eigenvalue weighted by molar-refractivity contribution is -0.146. The van der Waals surface area contributed by atoms with Gasteiger partial charge in [0, 0.05) is 10.3 Å². The Morgan fingerprint density at radius 2 is 1.96 bits per heavy atom. The van der Waals surface area contributed by atoms with Gasteiger partial charge in [-0.05, 0) is 32.9 Å². The van der Waals surface area contributed by atoms with Crippen LogP contribution in [-0.2, 0) is 14.3 Å². The third kappa shape index (κ3) is 4.52. The summed E-state index contributed by atoms with van der Waals surface area (Å²) in [5.74, 6) is -2.02.